The van der Waals surface area contributed by atoms with Crippen molar-refractivity contribution in [1.82, 2.24) is 9.88 Å². The SMILES string of the molecule is Cc1oc2c(c1C(=O)N(Cc1ccncc1)C[C@@H]1CCCO1)C(=O)CCC2. The van der Waals surface area contributed by atoms with Gasteiger partial charge in [0.1, 0.15) is 11.5 Å². The molecule has 1 atom stereocenters. The highest BCUT2D eigenvalue weighted by Crippen LogP contribution is 2.31. The summed E-state index contributed by atoms with van der Waals surface area (Å²) in [5.74, 6) is 1.05. The maximum atomic E-state index is 13.5. The molecule has 1 aliphatic heterocycles. The van der Waals surface area contributed by atoms with Crippen LogP contribution in [-0.2, 0) is 17.7 Å². The van der Waals surface area contributed by atoms with E-state index in [1.54, 1.807) is 24.2 Å². The first-order valence-electron chi connectivity index (χ1n) is 9.58. The predicted octanol–water partition coefficient (Wildman–Crippen LogP) is 3.32. The monoisotopic (exact) mass is 368 g/mol. The Morgan fingerprint density at radius 3 is 2.81 bits per heavy atom. The molecule has 142 valence electrons. The second kappa shape index (κ2) is 7.64. The number of hydrogen-bond donors (Lipinski definition) is 0. The lowest BCUT2D eigenvalue weighted by atomic mass is 9.93. The van der Waals surface area contributed by atoms with Crippen molar-refractivity contribution in [2.75, 3.05) is 13.2 Å². The van der Waals surface area contributed by atoms with E-state index in [0.717, 1.165) is 31.4 Å². The smallest absolute Gasteiger partial charge is 0.258 e. The number of rotatable bonds is 5. The topological polar surface area (TPSA) is 72.6 Å². The number of carbonyl (C=O) groups is 2. The van der Waals surface area contributed by atoms with Crippen LogP contribution in [0.1, 0.15) is 63.5 Å². The van der Waals surface area contributed by atoms with E-state index in [4.69, 9.17) is 9.15 Å². The molecule has 6 heteroatoms. The van der Waals surface area contributed by atoms with Gasteiger partial charge in [-0.15, -0.1) is 0 Å². The van der Waals surface area contributed by atoms with Gasteiger partial charge in [0.15, 0.2) is 5.78 Å². The van der Waals surface area contributed by atoms with Crippen LogP contribution in [0, 0.1) is 6.92 Å². The molecule has 0 N–H and O–H groups in total. The van der Waals surface area contributed by atoms with Crippen LogP contribution in [0.15, 0.2) is 28.9 Å². The van der Waals surface area contributed by atoms with Crippen molar-refractivity contribution in [1.29, 1.82) is 0 Å². The third-order valence-electron chi connectivity index (χ3n) is 5.32. The first kappa shape index (κ1) is 17.9. The van der Waals surface area contributed by atoms with Crippen LogP contribution in [0.2, 0.25) is 0 Å². The van der Waals surface area contributed by atoms with Gasteiger partial charge in [0.25, 0.3) is 5.91 Å². The van der Waals surface area contributed by atoms with Crippen LogP contribution in [0.5, 0.6) is 0 Å². The van der Waals surface area contributed by atoms with Gasteiger partial charge in [-0.25, -0.2) is 0 Å². The molecule has 6 nitrogen and oxygen atoms in total. The summed E-state index contributed by atoms with van der Waals surface area (Å²) in [5, 5.41) is 0. The number of Topliss-reactive ketones (excluding diaryl/α,β-unsaturated/α-hetero) is 1. The fourth-order valence-electron chi connectivity index (χ4n) is 3.99. The maximum absolute atomic E-state index is 13.5. The Bertz CT molecular complexity index is 837. The summed E-state index contributed by atoms with van der Waals surface area (Å²) in [7, 11) is 0. The second-order valence-corrected chi connectivity index (χ2v) is 7.28. The normalized spacial score (nSPS) is 19.1. The molecule has 1 saturated heterocycles. The van der Waals surface area contributed by atoms with Gasteiger partial charge in [-0.3, -0.25) is 14.6 Å². The summed E-state index contributed by atoms with van der Waals surface area (Å²) in [5.41, 5.74) is 1.93. The molecule has 3 heterocycles. The lowest BCUT2D eigenvalue weighted by molar-refractivity contribution is 0.0504. The molecule has 2 aliphatic rings. The number of aryl methyl sites for hydroxylation is 2. The van der Waals surface area contributed by atoms with Crippen LogP contribution in [0.4, 0.5) is 0 Å². The Hall–Kier alpha value is -2.47. The molecule has 1 aliphatic carbocycles. The van der Waals surface area contributed by atoms with E-state index in [1.165, 1.54) is 0 Å². The summed E-state index contributed by atoms with van der Waals surface area (Å²) < 4.78 is 11.5. The zero-order valence-corrected chi connectivity index (χ0v) is 15.6. The summed E-state index contributed by atoms with van der Waals surface area (Å²) in [6.45, 7) is 3.47. The van der Waals surface area contributed by atoms with Crippen LogP contribution < -0.4 is 0 Å². The van der Waals surface area contributed by atoms with Gasteiger partial charge in [0, 0.05) is 44.9 Å². The first-order chi connectivity index (χ1) is 13.1. The number of amides is 1. The lowest BCUT2D eigenvalue weighted by Gasteiger charge is -2.26. The quantitative estimate of drug-likeness (QED) is 0.809. The number of nitrogens with zero attached hydrogens (tertiary/aromatic N) is 2. The Labute approximate surface area is 158 Å². The fraction of sp³-hybridized carbons (Fsp3) is 0.476. The number of hydrogen-bond acceptors (Lipinski definition) is 5. The number of ether oxygens (including phenoxy) is 1. The van der Waals surface area contributed by atoms with Crippen LogP contribution in [-0.4, -0.2) is 40.8 Å². The minimum atomic E-state index is -0.153. The zero-order chi connectivity index (χ0) is 18.8. The molecule has 0 unspecified atom stereocenters. The molecular weight excluding hydrogens is 344 g/mol. The standard InChI is InChI=1S/C21H24N2O4/c1-14-19(20-17(24)5-2-6-18(20)27-14)21(25)23(13-16-4-3-11-26-16)12-15-7-9-22-10-8-15/h7-10,16H,2-6,11-13H2,1H3/t16-/m0/s1. The van der Waals surface area contributed by atoms with E-state index in [9.17, 15) is 9.59 Å². The van der Waals surface area contributed by atoms with Crippen molar-refractivity contribution < 1.29 is 18.7 Å². The number of aromatic nitrogens is 1. The summed E-state index contributed by atoms with van der Waals surface area (Å²) >= 11 is 0. The zero-order valence-electron chi connectivity index (χ0n) is 15.6. The second-order valence-electron chi connectivity index (χ2n) is 7.28. The Morgan fingerprint density at radius 1 is 1.26 bits per heavy atom. The molecule has 0 bridgehead atoms. The number of ketones is 1. The van der Waals surface area contributed by atoms with E-state index in [0.29, 0.717) is 48.6 Å². The average molecular weight is 368 g/mol. The Morgan fingerprint density at radius 2 is 2.07 bits per heavy atom. The van der Waals surface area contributed by atoms with E-state index in [-0.39, 0.29) is 17.8 Å². The Kier molecular flexibility index (Phi) is 5.07. The van der Waals surface area contributed by atoms with Gasteiger partial charge in [0.05, 0.1) is 17.2 Å². The maximum Gasteiger partial charge on any atom is 0.258 e. The van der Waals surface area contributed by atoms with Gasteiger partial charge in [0.2, 0.25) is 0 Å². The van der Waals surface area contributed by atoms with E-state index < -0.39 is 0 Å². The molecule has 0 saturated carbocycles. The summed E-state index contributed by atoms with van der Waals surface area (Å²) in [6, 6.07) is 3.80. The van der Waals surface area contributed by atoms with Gasteiger partial charge in [-0.2, -0.15) is 0 Å². The van der Waals surface area contributed by atoms with Crippen LogP contribution >= 0.6 is 0 Å². The molecule has 4 rings (SSSR count). The highest BCUT2D eigenvalue weighted by Gasteiger charge is 2.33. The van der Waals surface area contributed by atoms with E-state index in [1.807, 2.05) is 12.1 Å². The third kappa shape index (κ3) is 3.67. The minimum Gasteiger partial charge on any atom is -0.465 e. The van der Waals surface area contributed by atoms with E-state index >= 15 is 0 Å². The van der Waals surface area contributed by atoms with Crippen LogP contribution in [0.3, 0.4) is 0 Å². The molecule has 1 fully saturated rings. The summed E-state index contributed by atoms with van der Waals surface area (Å²) in [6.07, 6.45) is 7.41. The number of furan rings is 1. The van der Waals surface area contributed by atoms with Crippen molar-refractivity contribution in [3.63, 3.8) is 0 Å². The first-order valence-corrected chi connectivity index (χ1v) is 9.58. The molecule has 2 aromatic heterocycles. The molecule has 2 aromatic rings. The molecule has 0 spiro atoms. The van der Waals surface area contributed by atoms with E-state index in [2.05, 4.69) is 4.98 Å². The van der Waals surface area contributed by atoms with Crippen molar-refractivity contribution >= 4 is 11.7 Å². The highest BCUT2D eigenvalue weighted by molar-refractivity contribution is 6.10. The van der Waals surface area contributed by atoms with Crippen molar-refractivity contribution in [2.45, 2.75) is 51.7 Å². The molecule has 1 amide bonds. The van der Waals surface area contributed by atoms with Crippen LogP contribution in [0.25, 0.3) is 0 Å². The number of pyridine rings is 1. The minimum absolute atomic E-state index is 0.0115. The number of fused-ring (bicyclic) bond motifs is 1. The van der Waals surface area contributed by atoms with Gasteiger partial charge in [-0.1, -0.05) is 0 Å². The lowest BCUT2D eigenvalue weighted by Crippen LogP contribution is -2.37. The van der Waals surface area contributed by atoms with Gasteiger partial charge >= 0.3 is 0 Å². The molecule has 0 radical (unpaired) electrons. The van der Waals surface area contributed by atoms with Crippen molar-refractivity contribution in [2.24, 2.45) is 0 Å². The molecule has 27 heavy (non-hydrogen) atoms. The van der Waals surface area contributed by atoms with Gasteiger partial charge < -0.3 is 14.1 Å². The Balaban J connectivity index is 1.66. The molecule has 0 aromatic carbocycles. The van der Waals surface area contributed by atoms with Gasteiger partial charge in [-0.05, 0) is 43.9 Å². The largest absolute Gasteiger partial charge is 0.465 e. The average Bonchev–Trinajstić information content (AvgIpc) is 3.29. The summed E-state index contributed by atoms with van der Waals surface area (Å²) in [4.78, 5) is 31.8. The number of carbonyl (C=O) groups excluding carboxylic acids is 2. The third-order valence-corrected chi connectivity index (χ3v) is 5.32. The molecular formula is C21H24N2O4. The predicted molar refractivity (Wildman–Crippen MR) is 98.7 cm³/mol. The fourth-order valence-corrected chi connectivity index (χ4v) is 3.99. The van der Waals surface area contributed by atoms with Crippen molar-refractivity contribution in [3.05, 3.63) is 52.7 Å². The van der Waals surface area contributed by atoms with Crippen molar-refractivity contribution in [3.8, 4) is 0 Å². The highest BCUT2D eigenvalue weighted by atomic mass is 16.5.